The fourth-order valence-corrected chi connectivity index (χ4v) is 1.97. The van der Waals surface area contributed by atoms with Gasteiger partial charge in [-0.25, -0.2) is 4.79 Å². The van der Waals surface area contributed by atoms with Gasteiger partial charge in [-0.2, -0.15) is 0 Å². The van der Waals surface area contributed by atoms with E-state index < -0.39 is 10.8 Å². The molecule has 0 aliphatic rings. The first kappa shape index (κ1) is 14.2. The molecule has 94 valence electrons. The topological polar surface area (TPSA) is 58.2 Å². The van der Waals surface area contributed by atoms with Gasteiger partial charge in [-0.1, -0.05) is 22.0 Å². The van der Waals surface area contributed by atoms with Gasteiger partial charge in [-0.15, -0.1) is 0 Å². The largest absolute Gasteiger partial charge is 0.337 e. The number of benzene rings is 1. The minimum absolute atomic E-state index is 0.281. The summed E-state index contributed by atoms with van der Waals surface area (Å²) >= 11 is 3.40. The highest BCUT2D eigenvalue weighted by atomic mass is 79.9. The Morgan fingerprint density at radius 2 is 2.18 bits per heavy atom. The van der Waals surface area contributed by atoms with Crippen molar-refractivity contribution in [2.75, 3.05) is 23.9 Å². The van der Waals surface area contributed by atoms with Crippen LogP contribution >= 0.6 is 15.9 Å². The standard InChI is InChI=1S/C11H15BrN2O2S/c1-8-9(12)4-3-5-10(8)14-11(15)13-6-7-17(2)16/h3-5H,6-7H2,1-2H3,(H2,13,14,15)/t17-/m0/s1. The Hall–Kier alpha value is -0.880. The highest BCUT2D eigenvalue weighted by molar-refractivity contribution is 9.10. The lowest BCUT2D eigenvalue weighted by atomic mass is 10.2. The lowest BCUT2D eigenvalue weighted by Crippen LogP contribution is -2.32. The molecule has 0 saturated heterocycles. The van der Waals surface area contributed by atoms with Crippen molar-refractivity contribution in [1.29, 1.82) is 0 Å². The van der Waals surface area contributed by atoms with Crippen LogP contribution in [0.1, 0.15) is 5.56 Å². The molecule has 4 nitrogen and oxygen atoms in total. The van der Waals surface area contributed by atoms with Crippen LogP contribution in [-0.4, -0.2) is 28.8 Å². The Morgan fingerprint density at radius 3 is 2.82 bits per heavy atom. The Kier molecular flexibility index (Phi) is 5.64. The van der Waals surface area contributed by atoms with Gasteiger partial charge >= 0.3 is 6.03 Å². The SMILES string of the molecule is Cc1c(Br)cccc1NC(=O)NCC[S@](C)=O. The van der Waals surface area contributed by atoms with Crippen molar-refractivity contribution < 1.29 is 9.00 Å². The molecular weight excluding hydrogens is 304 g/mol. The summed E-state index contributed by atoms with van der Waals surface area (Å²) in [5, 5.41) is 5.40. The zero-order chi connectivity index (χ0) is 12.8. The molecule has 1 atom stereocenters. The van der Waals surface area contributed by atoms with Crippen molar-refractivity contribution in [2.24, 2.45) is 0 Å². The van der Waals surface area contributed by atoms with Gasteiger partial charge in [0.25, 0.3) is 0 Å². The van der Waals surface area contributed by atoms with Crippen LogP contribution in [-0.2, 0) is 10.8 Å². The van der Waals surface area contributed by atoms with E-state index in [1.165, 1.54) is 0 Å². The Bertz CT molecular complexity index is 437. The van der Waals surface area contributed by atoms with Crippen molar-refractivity contribution in [3.8, 4) is 0 Å². The van der Waals surface area contributed by atoms with Gasteiger partial charge in [0.1, 0.15) is 0 Å². The fourth-order valence-electron chi connectivity index (χ4n) is 1.22. The fraction of sp³-hybridized carbons (Fsp3) is 0.364. The number of rotatable bonds is 4. The number of amides is 2. The van der Waals surface area contributed by atoms with Crippen LogP contribution in [0.2, 0.25) is 0 Å². The molecule has 0 fully saturated rings. The average Bonchev–Trinajstić information content (AvgIpc) is 2.24. The van der Waals surface area contributed by atoms with E-state index in [9.17, 15) is 9.00 Å². The number of anilines is 1. The third-order valence-corrected chi connectivity index (χ3v) is 3.83. The van der Waals surface area contributed by atoms with E-state index in [-0.39, 0.29) is 6.03 Å². The second-order valence-electron chi connectivity index (χ2n) is 3.57. The van der Waals surface area contributed by atoms with Gasteiger partial charge in [-0.3, -0.25) is 4.21 Å². The number of halogens is 1. The van der Waals surface area contributed by atoms with Gasteiger partial charge < -0.3 is 10.6 Å². The number of nitrogens with one attached hydrogen (secondary N) is 2. The second-order valence-corrected chi connectivity index (χ2v) is 5.98. The molecule has 0 heterocycles. The van der Waals surface area contributed by atoms with Crippen LogP contribution in [0.5, 0.6) is 0 Å². The Labute approximate surface area is 112 Å². The molecule has 6 heteroatoms. The maximum atomic E-state index is 11.5. The minimum Gasteiger partial charge on any atom is -0.337 e. The highest BCUT2D eigenvalue weighted by Crippen LogP contribution is 2.23. The first-order chi connectivity index (χ1) is 8.00. The number of urea groups is 1. The third kappa shape index (κ3) is 4.87. The van der Waals surface area contributed by atoms with Crippen LogP contribution in [0.25, 0.3) is 0 Å². The minimum atomic E-state index is -0.887. The maximum absolute atomic E-state index is 11.5. The summed E-state index contributed by atoms with van der Waals surface area (Å²) in [5.74, 6) is 0.463. The van der Waals surface area contributed by atoms with E-state index in [1.807, 2.05) is 25.1 Å². The summed E-state index contributed by atoms with van der Waals surface area (Å²) in [4.78, 5) is 11.5. The summed E-state index contributed by atoms with van der Waals surface area (Å²) in [6.45, 7) is 2.32. The van der Waals surface area contributed by atoms with Crippen LogP contribution in [0.3, 0.4) is 0 Å². The quantitative estimate of drug-likeness (QED) is 0.894. The van der Waals surface area contributed by atoms with Gasteiger partial charge in [0.2, 0.25) is 0 Å². The van der Waals surface area contributed by atoms with Crippen LogP contribution in [0, 0.1) is 6.92 Å². The first-order valence-corrected chi connectivity index (χ1v) is 7.62. The zero-order valence-corrected chi connectivity index (χ0v) is 12.2. The molecule has 0 aliphatic heterocycles. The molecule has 17 heavy (non-hydrogen) atoms. The molecule has 0 unspecified atom stereocenters. The molecule has 1 aromatic rings. The van der Waals surface area contributed by atoms with E-state index in [0.717, 1.165) is 15.7 Å². The average molecular weight is 319 g/mol. The summed E-state index contributed by atoms with van der Waals surface area (Å²) in [5.41, 5.74) is 1.73. The molecule has 2 N–H and O–H groups in total. The van der Waals surface area contributed by atoms with E-state index in [1.54, 1.807) is 6.26 Å². The Balaban J connectivity index is 2.51. The molecule has 0 spiro atoms. The van der Waals surface area contributed by atoms with Crippen molar-refractivity contribution in [1.82, 2.24) is 5.32 Å². The normalized spacial score (nSPS) is 11.9. The van der Waals surface area contributed by atoms with Crippen LogP contribution in [0.4, 0.5) is 10.5 Å². The third-order valence-electron chi connectivity index (χ3n) is 2.19. The van der Waals surface area contributed by atoms with Crippen molar-refractivity contribution in [2.45, 2.75) is 6.92 Å². The predicted octanol–water partition coefficient (Wildman–Crippen LogP) is 2.26. The van der Waals surface area contributed by atoms with Gasteiger partial charge in [0, 0.05) is 39.5 Å². The highest BCUT2D eigenvalue weighted by Gasteiger charge is 2.05. The van der Waals surface area contributed by atoms with Gasteiger partial charge in [0.05, 0.1) is 0 Å². The number of carbonyl (C=O) groups is 1. The first-order valence-electron chi connectivity index (χ1n) is 5.10. The van der Waals surface area contributed by atoms with Gasteiger partial charge in [-0.05, 0) is 24.6 Å². The van der Waals surface area contributed by atoms with E-state index >= 15 is 0 Å². The molecule has 0 saturated carbocycles. The predicted molar refractivity (Wildman–Crippen MR) is 74.8 cm³/mol. The molecule has 0 bridgehead atoms. The monoisotopic (exact) mass is 318 g/mol. The van der Waals surface area contributed by atoms with Crippen molar-refractivity contribution in [3.05, 3.63) is 28.2 Å². The second kappa shape index (κ2) is 6.76. The van der Waals surface area contributed by atoms with Crippen LogP contribution < -0.4 is 10.6 Å². The maximum Gasteiger partial charge on any atom is 0.319 e. The summed E-state index contributed by atoms with van der Waals surface area (Å²) < 4.78 is 11.8. The molecular formula is C11H15BrN2O2S. The van der Waals surface area contributed by atoms with Crippen molar-refractivity contribution in [3.63, 3.8) is 0 Å². The summed E-state index contributed by atoms with van der Waals surface area (Å²) in [7, 11) is -0.887. The lowest BCUT2D eigenvalue weighted by Gasteiger charge is -2.10. The van der Waals surface area contributed by atoms with E-state index in [2.05, 4.69) is 26.6 Å². The zero-order valence-electron chi connectivity index (χ0n) is 9.75. The number of hydrogen-bond acceptors (Lipinski definition) is 2. The molecule has 1 rings (SSSR count). The van der Waals surface area contributed by atoms with Crippen LogP contribution in [0.15, 0.2) is 22.7 Å². The molecule has 0 aliphatic carbocycles. The van der Waals surface area contributed by atoms with Gasteiger partial charge in [0.15, 0.2) is 0 Å². The number of hydrogen-bond donors (Lipinski definition) is 2. The smallest absolute Gasteiger partial charge is 0.319 e. The van der Waals surface area contributed by atoms with Crippen molar-refractivity contribution >= 4 is 38.4 Å². The molecule has 1 aromatic carbocycles. The molecule has 0 radical (unpaired) electrons. The summed E-state index contributed by atoms with van der Waals surface area (Å²) in [6.07, 6.45) is 1.61. The van der Waals surface area contributed by atoms with E-state index in [4.69, 9.17) is 0 Å². The summed E-state index contributed by atoms with van der Waals surface area (Å²) in [6, 6.07) is 5.32. The molecule has 2 amide bonds. The lowest BCUT2D eigenvalue weighted by molar-refractivity contribution is 0.252. The van der Waals surface area contributed by atoms with E-state index in [0.29, 0.717) is 12.3 Å². The Morgan fingerprint density at radius 1 is 1.47 bits per heavy atom. The number of carbonyl (C=O) groups excluding carboxylic acids is 1. The molecule has 0 aromatic heterocycles.